The van der Waals surface area contributed by atoms with Gasteiger partial charge in [0.1, 0.15) is 0 Å². The average Bonchev–Trinajstić information content (AvgIpc) is 2.52. The Morgan fingerprint density at radius 1 is 1.13 bits per heavy atom. The normalized spacial score (nSPS) is 11.2. The predicted molar refractivity (Wildman–Crippen MR) is 89.3 cm³/mol. The number of nitrogen functional groups attached to an aromatic ring is 1. The van der Waals surface area contributed by atoms with Crippen molar-refractivity contribution in [2.75, 3.05) is 19.8 Å². The maximum Gasteiger partial charge on any atom is 0.253 e. The zero-order valence-electron chi connectivity index (χ0n) is 13.0. The quantitative estimate of drug-likeness (QED) is 0.810. The monoisotopic (exact) mass is 333 g/mol. The number of rotatable bonds is 5. The van der Waals surface area contributed by atoms with Crippen LogP contribution in [0.25, 0.3) is 0 Å². The molecule has 0 saturated heterocycles. The van der Waals surface area contributed by atoms with Gasteiger partial charge in [0.15, 0.2) is 0 Å². The van der Waals surface area contributed by atoms with E-state index in [1.165, 1.54) is 29.2 Å². The SMILES string of the molecule is CN(C)C(=O)c1ccc(S(=O)(=O)NCc2cccc(N)c2)cc1. The highest BCUT2D eigenvalue weighted by atomic mass is 32.2. The van der Waals surface area contributed by atoms with E-state index >= 15 is 0 Å². The Balaban J connectivity index is 2.12. The highest BCUT2D eigenvalue weighted by Gasteiger charge is 2.15. The van der Waals surface area contributed by atoms with Crippen LogP contribution in [0.1, 0.15) is 15.9 Å². The van der Waals surface area contributed by atoms with Crippen LogP contribution in [0.2, 0.25) is 0 Å². The van der Waals surface area contributed by atoms with Crippen molar-refractivity contribution in [3.63, 3.8) is 0 Å². The number of nitrogens with zero attached hydrogens (tertiary/aromatic N) is 1. The molecule has 0 aliphatic carbocycles. The Morgan fingerprint density at radius 2 is 1.78 bits per heavy atom. The fraction of sp³-hybridized carbons (Fsp3) is 0.188. The summed E-state index contributed by atoms with van der Waals surface area (Å²) < 4.78 is 27.0. The third-order valence-corrected chi connectivity index (χ3v) is 4.65. The maximum atomic E-state index is 12.3. The summed E-state index contributed by atoms with van der Waals surface area (Å²) in [4.78, 5) is 13.3. The van der Waals surface area contributed by atoms with Gasteiger partial charge in [0.2, 0.25) is 10.0 Å². The molecule has 1 amide bonds. The molecule has 0 spiro atoms. The molecule has 3 N–H and O–H groups in total. The number of nitrogens with two attached hydrogens (primary N) is 1. The molecule has 0 heterocycles. The third kappa shape index (κ3) is 4.30. The van der Waals surface area contributed by atoms with Gasteiger partial charge in [-0.3, -0.25) is 4.79 Å². The molecule has 2 rings (SSSR count). The summed E-state index contributed by atoms with van der Waals surface area (Å²) in [6.45, 7) is 0.145. The van der Waals surface area contributed by atoms with Crippen molar-refractivity contribution in [1.29, 1.82) is 0 Å². The van der Waals surface area contributed by atoms with Crippen LogP contribution in [0.4, 0.5) is 5.69 Å². The number of sulfonamides is 1. The number of carbonyl (C=O) groups is 1. The molecule has 0 aromatic heterocycles. The molecule has 2 aromatic carbocycles. The molecule has 23 heavy (non-hydrogen) atoms. The zero-order chi connectivity index (χ0) is 17.0. The van der Waals surface area contributed by atoms with Crippen LogP contribution in [0.5, 0.6) is 0 Å². The van der Waals surface area contributed by atoms with E-state index in [1.54, 1.807) is 38.4 Å². The Bertz CT molecular complexity index is 800. The summed E-state index contributed by atoms with van der Waals surface area (Å²) in [5.74, 6) is -0.179. The number of carbonyl (C=O) groups excluding carboxylic acids is 1. The first-order valence-electron chi connectivity index (χ1n) is 6.95. The highest BCUT2D eigenvalue weighted by Crippen LogP contribution is 2.13. The van der Waals surface area contributed by atoms with Crippen LogP contribution < -0.4 is 10.5 Å². The lowest BCUT2D eigenvalue weighted by Crippen LogP contribution is -2.24. The second kappa shape index (κ2) is 6.80. The smallest absolute Gasteiger partial charge is 0.253 e. The molecule has 0 radical (unpaired) electrons. The number of benzene rings is 2. The van der Waals surface area contributed by atoms with Gasteiger partial charge in [-0.1, -0.05) is 12.1 Å². The molecule has 0 saturated carbocycles. The summed E-state index contributed by atoms with van der Waals surface area (Å²) in [6, 6.07) is 12.8. The second-order valence-electron chi connectivity index (χ2n) is 5.29. The minimum Gasteiger partial charge on any atom is -0.399 e. The first kappa shape index (κ1) is 17.0. The molecule has 0 fully saturated rings. The van der Waals surface area contributed by atoms with Crippen LogP contribution in [0, 0.1) is 0 Å². The lowest BCUT2D eigenvalue weighted by molar-refractivity contribution is 0.0827. The van der Waals surface area contributed by atoms with E-state index in [-0.39, 0.29) is 17.3 Å². The van der Waals surface area contributed by atoms with Gasteiger partial charge < -0.3 is 10.6 Å². The first-order valence-corrected chi connectivity index (χ1v) is 8.44. The number of nitrogens with one attached hydrogen (secondary N) is 1. The van der Waals surface area contributed by atoms with Crippen LogP contribution in [0.15, 0.2) is 53.4 Å². The Morgan fingerprint density at radius 3 is 2.35 bits per heavy atom. The first-order chi connectivity index (χ1) is 10.8. The largest absolute Gasteiger partial charge is 0.399 e. The van der Waals surface area contributed by atoms with Gasteiger partial charge in [0.25, 0.3) is 5.91 Å². The molecular weight excluding hydrogens is 314 g/mol. The minimum absolute atomic E-state index is 0.108. The lowest BCUT2D eigenvalue weighted by Gasteiger charge is -2.11. The molecule has 0 unspecified atom stereocenters. The van der Waals surface area contributed by atoms with E-state index in [1.807, 2.05) is 0 Å². The van der Waals surface area contributed by atoms with Gasteiger partial charge >= 0.3 is 0 Å². The summed E-state index contributed by atoms with van der Waals surface area (Å²) in [7, 11) is -0.372. The van der Waals surface area contributed by atoms with Crippen molar-refractivity contribution in [1.82, 2.24) is 9.62 Å². The Hall–Kier alpha value is -2.38. The highest BCUT2D eigenvalue weighted by molar-refractivity contribution is 7.89. The van der Waals surface area contributed by atoms with E-state index in [0.29, 0.717) is 11.3 Å². The summed E-state index contributed by atoms with van der Waals surface area (Å²) in [5, 5.41) is 0. The zero-order valence-corrected chi connectivity index (χ0v) is 13.8. The standard InChI is InChI=1S/C16H19N3O3S/c1-19(2)16(20)13-6-8-15(9-7-13)23(21,22)18-11-12-4-3-5-14(17)10-12/h3-10,18H,11,17H2,1-2H3. The van der Waals surface area contributed by atoms with Crippen molar-refractivity contribution in [3.8, 4) is 0 Å². The van der Waals surface area contributed by atoms with Gasteiger partial charge in [0.05, 0.1) is 4.90 Å². The van der Waals surface area contributed by atoms with Gasteiger partial charge in [-0.05, 0) is 42.0 Å². The molecule has 6 nitrogen and oxygen atoms in total. The molecule has 0 atom stereocenters. The van der Waals surface area contributed by atoms with E-state index < -0.39 is 10.0 Å². The summed E-state index contributed by atoms with van der Waals surface area (Å²) in [6.07, 6.45) is 0. The van der Waals surface area contributed by atoms with E-state index in [4.69, 9.17) is 5.73 Å². The third-order valence-electron chi connectivity index (χ3n) is 3.24. The lowest BCUT2D eigenvalue weighted by atomic mass is 10.2. The average molecular weight is 333 g/mol. The fourth-order valence-electron chi connectivity index (χ4n) is 2.00. The Labute approximate surface area is 136 Å². The molecule has 0 bridgehead atoms. The topological polar surface area (TPSA) is 92.5 Å². The molecule has 0 aliphatic rings. The number of hydrogen-bond acceptors (Lipinski definition) is 4. The van der Waals surface area contributed by atoms with Crippen molar-refractivity contribution in [2.24, 2.45) is 0 Å². The van der Waals surface area contributed by atoms with Gasteiger partial charge in [-0.25, -0.2) is 13.1 Å². The van der Waals surface area contributed by atoms with Crippen LogP contribution in [-0.2, 0) is 16.6 Å². The van der Waals surface area contributed by atoms with Crippen LogP contribution in [-0.4, -0.2) is 33.3 Å². The maximum absolute atomic E-state index is 12.3. The minimum atomic E-state index is -3.65. The fourth-order valence-corrected chi connectivity index (χ4v) is 3.02. The van der Waals surface area contributed by atoms with Crippen molar-refractivity contribution >= 4 is 21.6 Å². The second-order valence-corrected chi connectivity index (χ2v) is 7.06. The number of amides is 1. The summed E-state index contributed by atoms with van der Waals surface area (Å²) in [5.41, 5.74) is 7.45. The molecule has 122 valence electrons. The van der Waals surface area contributed by atoms with E-state index in [9.17, 15) is 13.2 Å². The molecule has 0 aliphatic heterocycles. The van der Waals surface area contributed by atoms with Gasteiger partial charge in [0, 0.05) is 31.9 Å². The van der Waals surface area contributed by atoms with Crippen molar-refractivity contribution < 1.29 is 13.2 Å². The van der Waals surface area contributed by atoms with Crippen molar-refractivity contribution in [2.45, 2.75) is 11.4 Å². The molecular formula is C16H19N3O3S. The van der Waals surface area contributed by atoms with E-state index in [2.05, 4.69) is 4.72 Å². The van der Waals surface area contributed by atoms with Crippen molar-refractivity contribution in [3.05, 3.63) is 59.7 Å². The Kier molecular flexibility index (Phi) is 5.02. The van der Waals surface area contributed by atoms with E-state index in [0.717, 1.165) is 5.56 Å². The van der Waals surface area contributed by atoms with Crippen LogP contribution >= 0.6 is 0 Å². The number of hydrogen-bond donors (Lipinski definition) is 2. The molecule has 2 aromatic rings. The predicted octanol–water partition coefficient (Wildman–Crippen LogP) is 1.45. The van der Waals surface area contributed by atoms with Gasteiger partial charge in [-0.2, -0.15) is 0 Å². The van der Waals surface area contributed by atoms with Crippen LogP contribution in [0.3, 0.4) is 0 Å². The van der Waals surface area contributed by atoms with Gasteiger partial charge in [-0.15, -0.1) is 0 Å². The summed E-state index contributed by atoms with van der Waals surface area (Å²) >= 11 is 0. The molecule has 7 heteroatoms. The number of anilines is 1.